The summed E-state index contributed by atoms with van der Waals surface area (Å²) >= 11 is 1.75. The van der Waals surface area contributed by atoms with Crippen molar-refractivity contribution in [2.24, 2.45) is 0 Å². The summed E-state index contributed by atoms with van der Waals surface area (Å²) in [4.78, 5) is 19.6. The molecule has 0 bridgehead atoms. The number of aromatic nitrogens is 4. The van der Waals surface area contributed by atoms with Crippen molar-refractivity contribution in [2.45, 2.75) is 25.3 Å². The minimum Gasteiger partial charge on any atom is -0.340 e. The number of rotatable bonds is 3. The number of likely N-dealkylation sites (tertiary alicyclic amines) is 1. The van der Waals surface area contributed by atoms with Crippen LogP contribution < -0.4 is 0 Å². The highest BCUT2D eigenvalue weighted by Crippen LogP contribution is 2.33. The average Bonchev–Trinajstić information content (AvgIpc) is 3.32. The van der Waals surface area contributed by atoms with E-state index in [1.54, 1.807) is 16.0 Å². The first-order chi connectivity index (χ1) is 13.3. The molecular formula is C20H19N5OS. The van der Waals surface area contributed by atoms with E-state index >= 15 is 0 Å². The van der Waals surface area contributed by atoms with Gasteiger partial charge in [-0.25, -0.2) is 9.67 Å². The number of hydrogen-bond acceptors (Lipinski definition) is 5. The number of hydrogen-bond donors (Lipinski definition) is 0. The molecular weight excluding hydrogens is 358 g/mol. The second kappa shape index (κ2) is 6.74. The van der Waals surface area contributed by atoms with Crippen molar-refractivity contribution < 1.29 is 4.79 Å². The molecule has 1 amide bonds. The monoisotopic (exact) mass is 377 g/mol. The maximum atomic E-state index is 12.9. The molecule has 0 spiro atoms. The molecule has 136 valence electrons. The van der Waals surface area contributed by atoms with Gasteiger partial charge in [0.05, 0.1) is 20.7 Å². The summed E-state index contributed by atoms with van der Waals surface area (Å²) in [5.41, 5.74) is 2.76. The number of amides is 1. The van der Waals surface area contributed by atoms with Gasteiger partial charge in [-0.05, 0) is 37.1 Å². The number of nitrogens with zero attached hydrogens (tertiary/aromatic N) is 5. The molecule has 2 aromatic heterocycles. The van der Waals surface area contributed by atoms with Crippen LogP contribution >= 0.6 is 11.3 Å². The predicted molar refractivity (Wildman–Crippen MR) is 106 cm³/mol. The topological polar surface area (TPSA) is 63.9 Å². The second-order valence-electron chi connectivity index (χ2n) is 6.93. The van der Waals surface area contributed by atoms with Crippen LogP contribution in [0.15, 0.2) is 48.5 Å². The zero-order valence-electron chi connectivity index (χ0n) is 14.8. The largest absolute Gasteiger partial charge is 0.340 e. The molecule has 2 aromatic carbocycles. The first-order valence-electron chi connectivity index (χ1n) is 9.19. The zero-order chi connectivity index (χ0) is 18.2. The normalized spacial score (nSPS) is 17.6. The lowest BCUT2D eigenvalue weighted by Crippen LogP contribution is -2.41. The van der Waals surface area contributed by atoms with E-state index in [4.69, 9.17) is 4.98 Å². The van der Waals surface area contributed by atoms with E-state index < -0.39 is 0 Å². The van der Waals surface area contributed by atoms with Crippen molar-refractivity contribution in [3.63, 3.8) is 0 Å². The maximum Gasteiger partial charge on any atom is 0.244 e. The Morgan fingerprint density at radius 3 is 2.81 bits per heavy atom. The van der Waals surface area contributed by atoms with Gasteiger partial charge in [0.1, 0.15) is 12.1 Å². The van der Waals surface area contributed by atoms with E-state index in [0.717, 1.165) is 47.5 Å². The molecule has 1 unspecified atom stereocenters. The fraction of sp³-hybridized carbons (Fsp3) is 0.300. The van der Waals surface area contributed by atoms with Gasteiger partial charge in [0.2, 0.25) is 5.91 Å². The van der Waals surface area contributed by atoms with Crippen LogP contribution in [-0.2, 0) is 11.3 Å². The third-order valence-electron chi connectivity index (χ3n) is 5.14. The van der Waals surface area contributed by atoms with Crippen molar-refractivity contribution >= 4 is 38.5 Å². The van der Waals surface area contributed by atoms with Crippen LogP contribution in [0, 0.1) is 0 Å². The van der Waals surface area contributed by atoms with E-state index in [9.17, 15) is 4.79 Å². The lowest BCUT2D eigenvalue weighted by molar-refractivity contribution is -0.133. The summed E-state index contributed by atoms with van der Waals surface area (Å²) < 4.78 is 2.91. The molecule has 27 heavy (non-hydrogen) atoms. The quantitative estimate of drug-likeness (QED) is 0.549. The highest BCUT2D eigenvalue weighted by molar-refractivity contribution is 7.18. The molecule has 6 nitrogen and oxygen atoms in total. The Balaban J connectivity index is 1.33. The smallest absolute Gasteiger partial charge is 0.244 e. The van der Waals surface area contributed by atoms with Crippen molar-refractivity contribution in [3.8, 4) is 0 Å². The average molecular weight is 377 g/mol. The molecule has 0 N–H and O–H groups in total. The van der Waals surface area contributed by atoms with Gasteiger partial charge < -0.3 is 4.90 Å². The zero-order valence-corrected chi connectivity index (χ0v) is 15.6. The van der Waals surface area contributed by atoms with E-state index in [2.05, 4.69) is 22.4 Å². The van der Waals surface area contributed by atoms with Gasteiger partial charge in [-0.2, -0.15) is 0 Å². The third-order valence-corrected chi connectivity index (χ3v) is 6.34. The van der Waals surface area contributed by atoms with Gasteiger partial charge in [0, 0.05) is 19.0 Å². The van der Waals surface area contributed by atoms with Crippen LogP contribution in [0.2, 0.25) is 0 Å². The molecule has 1 saturated heterocycles. The van der Waals surface area contributed by atoms with Gasteiger partial charge >= 0.3 is 0 Å². The third kappa shape index (κ3) is 3.08. The standard InChI is InChI=1S/C20H19N5OS/c26-19(13-25-17-9-3-1-7-15(17)22-23-25)24-11-5-6-14(12-24)20-21-16-8-2-4-10-18(16)27-20/h1-4,7-10,14H,5-6,11-13H2. The lowest BCUT2D eigenvalue weighted by atomic mass is 9.98. The first-order valence-corrected chi connectivity index (χ1v) is 10.0. The maximum absolute atomic E-state index is 12.9. The summed E-state index contributed by atoms with van der Waals surface area (Å²) in [7, 11) is 0. The highest BCUT2D eigenvalue weighted by atomic mass is 32.1. The van der Waals surface area contributed by atoms with Crippen molar-refractivity contribution in [2.75, 3.05) is 13.1 Å². The number of piperidine rings is 1. The van der Waals surface area contributed by atoms with Crippen LogP contribution in [0.4, 0.5) is 0 Å². The summed E-state index contributed by atoms with van der Waals surface area (Å²) in [6.45, 7) is 1.76. The number of fused-ring (bicyclic) bond motifs is 2. The lowest BCUT2D eigenvalue weighted by Gasteiger charge is -2.31. The number of benzene rings is 2. The molecule has 3 heterocycles. The molecule has 1 fully saturated rings. The fourth-order valence-corrected chi connectivity index (χ4v) is 4.83. The van der Waals surface area contributed by atoms with Crippen LogP contribution in [0.1, 0.15) is 23.8 Å². The van der Waals surface area contributed by atoms with Crippen LogP contribution in [-0.4, -0.2) is 43.9 Å². The Kier molecular flexibility index (Phi) is 4.09. The molecule has 7 heteroatoms. The summed E-state index contributed by atoms with van der Waals surface area (Å²) in [5, 5.41) is 9.42. The van der Waals surface area contributed by atoms with E-state index in [1.807, 2.05) is 41.3 Å². The molecule has 0 aliphatic carbocycles. The predicted octanol–water partition coefficient (Wildman–Crippen LogP) is 3.45. The van der Waals surface area contributed by atoms with Gasteiger partial charge in [-0.15, -0.1) is 16.4 Å². The highest BCUT2D eigenvalue weighted by Gasteiger charge is 2.27. The minimum absolute atomic E-state index is 0.0939. The minimum atomic E-state index is 0.0939. The molecule has 5 rings (SSSR count). The Bertz CT molecular complexity index is 1080. The SMILES string of the molecule is O=C(Cn1nnc2ccccc21)N1CCCC(c2nc3ccccc3s2)C1. The molecule has 4 aromatic rings. The van der Waals surface area contributed by atoms with E-state index in [-0.39, 0.29) is 12.5 Å². The van der Waals surface area contributed by atoms with Gasteiger partial charge in [0.25, 0.3) is 0 Å². The number of carbonyl (C=O) groups is 1. The van der Waals surface area contributed by atoms with E-state index in [1.165, 1.54) is 4.70 Å². The molecule has 1 aliphatic rings. The van der Waals surface area contributed by atoms with Crippen LogP contribution in [0.5, 0.6) is 0 Å². The molecule has 1 aliphatic heterocycles. The van der Waals surface area contributed by atoms with Gasteiger partial charge in [-0.1, -0.05) is 29.5 Å². The van der Waals surface area contributed by atoms with Crippen molar-refractivity contribution in [1.29, 1.82) is 0 Å². The number of thiazole rings is 1. The second-order valence-corrected chi connectivity index (χ2v) is 8.00. The number of para-hydroxylation sites is 2. The van der Waals surface area contributed by atoms with Crippen LogP contribution in [0.3, 0.4) is 0 Å². The van der Waals surface area contributed by atoms with Gasteiger partial charge in [0.15, 0.2) is 0 Å². The summed E-state index contributed by atoms with van der Waals surface area (Å²) in [5.74, 6) is 0.407. The number of carbonyl (C=O) groups excluding carboxylic acids is 1. The molecule has 1 atom stereocenters. The van der Waals surface area contributed by atoms with Crippen molar-refractivity contribution in [1.82, 2.24) is 24.9 Å². The first kappa shape index (κ1) is 16.4. The van der Waals surface area contributed by atoms with E-state index in [0.29, 0.717) is 5.92 Å². The van der Waals surface area contributed by atoms with Crippen molar-refractivity contribution in [3.05, 3.63) is 53.5 Å². The Morgan fingerprint density at radius 2 is 1.93 bits per heavy atom. The fourth-order valence-electron chi connectivity index (χ4n) is 3.73. The molecule has 0 saturated carbocycles. The molecule has 0 radical (unpaired) electrons. The summed E-state index contributed by atoms with van der Waals surface area (Å²) in [6.07, 6.45) is 2.08. The Morgan fingerprint density at radius 1 is 1.11 bits per heavy atom. The van der Waals surface area contributed by atoms with Gasteiger partial charge in [-0.3, -0.25) is 4.79 Å². The Hall–Kier alpha value is -2.80. The summed E-state index contributed by atoms with van der Waals surface area (Å²) in [6, 6.07) is 16.0. The van der Waals surface area contributed by atoms with Crippen LogP contribution in [0.25, 0.3) is 21.3 Å². The Labute approximate surface area is 160 Å².